The van der Waals surface area contributed by atoms with Gasteiger partial charge in [-0.3, -0.25) is 0 Å². The summed E-state index contributed by atoms with van der Waals surface area (Å²) in [4.78, 5) is 14.6. The minimum atomic E-state index is -0.0371. The molecule has 126 valence electrons. The summed E-state index contributed by atoms with van der Waals surface area (Å²) in [5.74, 6) is 0.814. The SMILES string of the molecule is CCOc1ccc(NC(=O)N2CCC[C@H]2c2ccccc2C)cc1. The molecule has 24 heavy (non-hydrogen) atoms. The van der Waals surface area contributed by atoms with E-state index >= 15 is 0 Å². The maximum absolute atomic E-state index is 12.7. The Bertz CT molecular complexity index is 697. The molecule has 0 spiro atoms. The zero-order valence-corrected chi connectivity index (χ0v) is 14.3. The van der Waals surface area contributed by atoms with E-state index in [1.165, 1.54) is 11.1 Å². The zero-order valence-electron chi connectivity index (χ0n) is 14.3. The Kier molecular flexibility index (Phi) is 5.04. The van der Waals surface area contributed by atoms with Crippen molar-refractivity contribution in [3.8, 4) is 5.75 Å². The maximum atomic E-state index is 12.7. The van der Waals surface area contributed by atoms with Gasteiger partial charge in [-0.25, -0.2) is 4.79 Å². The van der Waals surface area contributed by atoms with Gasteiger partial charge in [0, 0.05) is 12.2 Å². The first-order valence-corrected chi connectivity index (χ1v) is 8.55. The van der Waals surface area contributed by atoms with E-state index in [2.05, 4.69) is 24.4 Å². The third-order valence-electron chi connectivity index (χ3n) is 4.48. The van der Waals surface area contributed by atoms with Gasteiger partial charge in [0.1, 0.15) is 5.75 Å². The van der Waals surface area contributed by atoms with Crippen molar-refractivity contribution in [2.75, 3.05) is 18.5 Å². The summed E-state index contributed by atoms with van der Waals surface area (Å²) in [5.41, 5.74) is 3.28. The van der Waals surface area contributed by atoms with Crippen LogP contribution in [0.15, 0.2) is 48.5 Å². The van der Waals surface area contributed by atoms with Gasteiger partial charge in [-0.2, -0.15) is 0 Å². The molecular weight excluding hydrogens is 300 g/mol. The normalized spacial score (nSPS) is 16.9. The number of nitrogens with zero attached hydrogens (tertiary/aromatic N) is 1. The zero-order chi connectivity index (χ0) is 16.9. The van der Waals surface area contributed by atoms with E-state index in [9.17, 15) is 4.79 Å². The number of carbonyl (C=O) groups is 1. The number of hydrogen-bond acceptors (Lipinski definition) is 2. The number of amides is 2. The van der Waals surface area contributed by atoms with Crippen LogP contribution >= 0.6 is 0 Å². The quantitative estimate of drug-likeness (QED) is 0.880. The summed E-state index contributed by atoms with van der Waals surface area (Å²) < 4.78 is 5.43. The number of anilines is 1. The molecule has 0 saturated carbocycles. The van der Waals surface area contributed by atoms with Crippen molar-refractivity contribution in [2.45, 2.75) is 32.7 Å². The van der Waals surface area contributed by atoms with Gasteiger partial charge in [0.05, 0.1) is 12.6 Å². The van der Waals surface area contributed by atoms with Crippen LogP contribution in [0.3, 0.4) is 0 Å². The van der Waals surface area contributed by atoms with Crippen LogP contribution in [0.4, 0.5) is 10.5 Å². The Labute approximate surface area is 143 Å². The monoisotopic (exact) mass is 324 g/mol. The molecule has 1 heterocycles. The van der Waals surface area contributed by atoms with Crippen molar-refractivity contribution in [1.29, 1.82) is 0 Å². The van der Waals surface area contributed by atoms with Gasteiger partial charge in [-0.05, 0) is 62.1 Å². The number of nitrogens with one attached hydrogen (secondary N) is 1. The second-order valence-electron chi connectivity index (χ2n) is 6.10. The Morgan fingerprint density at radius 2 is 1.96 bits per heavy atom. The molecule has 0 unspecified atom stereocenters. The van der Waals surface area contributed by atoms with E-state index in [4.69, 9.17) is 4.74 Å². The molecule has 3 rings (SSSR count). The smallest absolute Gasteiger partial charge is 0.322 e. The largest absolute Gasteiger partial charge is 0.494 e. The number of benzene rings is 2. The average molecular weight is 324 g/mol. The van der Waals surface area contributed by atoms with Crippen LogP contribution < -0.4 is 10.1 Å². The van der Waals surface area contributed by atoms with Crippen LogP contribution in [0.1, 0.15) is 36.9 Å². The maximum Gasteiger partial charge on any atom is 0.322 e. The van der Waals surface area contributed by atoms with E-state index in [0.717, 1.165) is 30.8 Å². The highest BCUT2D eigenvalue weighted by Crippen LogP contribution is 2.34. The first-order chi connectivity index (χ1) is 11.7. The fraction of sp³-hybridized carbons (Fsp3) is 0.350. The number of hydrogen-bond donors (Lipinski definition) is 1. The second kappa shape index (κ2) is 7.39. The molecule has 0 radical (unpaired) electrons. The molecule has 1 N–H and O–H groups in total. The van der Waals surface area contributed by atoms with Gasteiger partial charge in [0.2, 0.25) is 0 Å². The Morgan fingerprint density at radius 1 is 1.21 bits per heavy atom. The topological polar surface area (TPSA) is 41.6 Å². The van der Waals surface area contributed by atoms with Gasteiger partial charge < -0.3 is 15.0 Å². The van der Waals surface area contributed by atoms with Crippen molar-refractivity contribution in [3.05, 3.63) is 59.7 Å². The molecule has 1 aliphatic rings. The lowest BCUT2D eigenvalue weighted by molar-refractivity contribution is 0.207. The minimum absolute atomic E-state index is 0.0371. The van der Waals surface area contributed by atoms with Gasteiger partial charge in [-0.1, -0.05) is 24.3 Å². The van der Waals surface area contributed by atoms with Crippen LogP contribution in [-0.2, 0) is 0 Å². The van der Waals surface area contributed by atoms with Gasteiger partial charge in [-0.15, -0.1) is 0 Å². The molecule has 2 aromatic rings. The lowest BCUT2D eigenvalue weighted by Gasteiger charge is -2.26. The highest BCUT2D eigenvalue weighted by Gasteiger charge is 2.30. The Hall–Kier alpha value is -2.49. The van der Waals surface area contributed by atoms with E-state index in [0.29, 0.717) is 6.61 Å². The van der Waals surface area contributed by atoms with Crippen molar-refractivity contribution < 1.29 is 9.53 Å². The Balaban J connectivity index is 1.71. The van der Waals surface area contributed by atoms with E-state index < -0.39 is 0 Å². The molecule has 0 bridgehead atoms. The van der Waals surface area contributed by atoms with E-state index in [1.807, 2.05) is 48.2 Å². The minimum Gasteiger partial charge on any atom is -0.494 e. The molecule has 2 amide bonds. The van der Waals surface area contributed by atoms with Crippen molar-refractivity contribution in [2.24, 2.45) is 0 Å². The standard InChI is InChI=1S/C20H24N2O2/c1-3-24-17-12-10-16(11-13-17)21-20(23)22-14-6-9-19(22)18-8-5-4-7-15(18)2/h4-5,7-8,10-13,19H,3,6,9,14H2,1-2H3,(H,21,23)/t19-/m0/s1. The van der Waals surface area contributed by atoms with Gasteiger partial charge in [0.25, 0.3) is 0 Å². The molecule has 4 heteroatoms. The first-order valence-electron chi connectivity index (χ1n) is 8.55. The fourth-order valence-corrected chi connectivity index (χ4v) is 3.29. The summed E-state index contributed by atoms with van der Waals surface area (Å²) in [6.45, 7) is 5.49. The number of rotatable bonds is 4. The lowest BCUT2D eigenvalue weighted by atomic mass is 9.99. The number of urea groups is 1. The van der Waals surface area contributed by atoms with Crippen molar-refractivity contribution in [1.82, 2.24) is 4.90 Å². The highest BCUT2D eigenvalue weighted by molar-refractivity contribution is 5.89. The predicted molar refractivity (Wildman–Crippen MR) is 96.5 cm³/mol. The number of carbonyl (C=O) groups excluding carboxylic acids is 1. The van der Waals surface area contributed by atoms with Crippen LogP contribution in [0.25, 0.3) is 0 Å². The molecular formula is C20H24N2O2. The third-order valence-corrected chi connectivity index (χ3v) is 4.48. The fourth-order valence-electron chi connectivity index (χ4n) is 3.29. The van der Waals surface area contributed by atoms with Gasteiger partial charge in [0.15, 0.2) is 0 Å². The molecule has 0 aliphatic carbocycles. The molecule has 1 fully saturated rings. The molecule has 1 atom stereocenters. The van der Waals surface area contributed by atoms with E-state index in [1.54, 1.807) is 0 Å². The summed E-state index contributed by atoms with van der Waals surface area (Å²) in [7, 11) is 0. The molecule has 1 saturated heterocycles. The molecule has 1 aliphatic heterocycles. The second-order valence-corrected chi connectivity index (χ2v) is 6.10. The van der Waals surface area contributed by atoms with Crippen LogP contribution in [0.2, 0.25) is 0 Å². The Morgan fingerprint density at radius 3 is 2.67 bits per heavy atom. The number of aryl methyl sites for hydroxylation is 1. The first kappa shape index (κ1) is 16.4. The average Bonchev–Trinajstić information content (AvgIpc) is 3.07. The third kappa shape index (κ3) is 3.53. The van der Waals surface area contributed by atoms with E-state index in [-0.39, 0.29) is 12.1 Å². The van der Waals surface area contributed by atoms with Crippen LogP contribution in [-0.4, -0.2) is 24.1 Å². The molecule has 2 aromatic carbocycles. The molecule has 4 nitrogen and oxygen atoms in total. The lowest BCUT2D eigenvalue weighted by Crippen LogP contribution is -2.34. The van der Waals surface area contributed by atoms with Crippen molar-refractivity contribution >= 4 is 11.7 Å². The molecule has 0 aromatic heterocycles. The predicted octanol–water partition coefficient (Wildman–Crippen LogP) is 4.76. The number of ether oxygens (including phenoxy) is 1. The summed E-state index contributed by atoms with van der Waals surface area (Å²) in [5, 5.41) is 3.00. The van der Waals surface area contributed by atoms with Crippen molar-refractivity contribution in [3.63, 3.8) is 0 Å². The van der Waals surface area contributed by atoms with Crippen LogP contribution in [0, 0.1) is 6.92 Å². The summed E-state index contributed by atoms with van der Waals surface area (Å²) in [6.07, 6.45) is 2.05. The summed E-state index contributed by atoms with van der Waals surface area (Å²) in [6, 6.07) is 16.0. The van der Waals surface area contributed by atoms with Crippen LogP contribution in [0.5, 0.6) is 5.75 Å². The van der Waals surface area contributed by atoms with Gasteiger partial charge >= 0.3 is 6.03 Å². The number of likely N-dealkylation sites (tertiary alicyclic amines) is 1. The summed E-state index contributed by atoms with van der Waals surface area (Å²) >= 11 is 0. The highest BCUT2D eigenvalue weighted by atomic mass is 16.5.